The van der Waals surface area contributed by atoms with Gasteiger partial charge in [0.05, 0.1) is 9.48 Å². The fourth-order valence-electron chi connectivity index (χ4n) is 1.52. The van der Waals surface area contributed by atoms with E-state index in [1.54, 1.807) is 25.2 Å². The summed E-state index contributed by atoms with van der Waals surface area (Å²) < 4.78 is 6.01. The van der Waals surface area contributed by atoms with Crippen LogP contribution in [0.1, 0.15) is 27.4 Å². The second-order valence-corrected chi connectivity index (χ2v) is 5.93. The molecule has 1 N–H and O–H groups in total. The van der Waals surface area contributed by atoms with Gasteiger partial charge in [0.15, 0.2) is 0 Å². The van der Waals surface area contributed by atoms with Crippen LogP contribution in [0.5, 0.6) is 0 Å². The Kier molecular flexibility index (Phi) is 3.63. The average Bonchev–Trinajstić information content (AvgIpc) is 2.83. The van der Waals surface area contributed by atoms with E-state index in [2.05, 4.69) is 26.4 Å². The number of thiophene rings is 1. The first-order chi connectivity index (χ1) is 8.08. The van der Waals surface area contributed by atoms with E-state index in [0.717, 1.165) is 9.35 Å². The molecule has 0 radical (unpaired) electrons. The number of hydrogen-bond donors (Lipinski definition) is 1. The summed E-state index contributed by atoms with van der Waals surface area (Å²) in [5.74, 6) is 0.398. The molecule has 0 unspecified atom stereocenters. The van der Waals surface area contributed by atoms with Crippen molar-refractivity contribution in [2.75, 3.05) is 0 Å². The van der Waals surface area contributed by atoms with Gasteiger partial charge in [-0.1, -0.05) is 5.16 Å². The topological polar surface area (TPSA) is 55.1 Å². The van der Waals surface area contributed by atoms with Crippen LogP contribution in [-0.4, -0.2) is 11.1 Å². The lowest BCUT2D eigenvalue weighted by Crippen LogP contribution is -2.23. The lowest BCUT2D eigenvalue weighted by atomic mass is 10.2. The van der Waals surface area contributed by atoms with Crippen LogP contribution >= 0.6 is 27.3 Å². The van der Waals surface area contributed by atoms with Gasteiger partial charge >= 0.3 is 0 Å². The second-order valence-electron chi connectivity index (χ2n) is 3.64. The van der Waals surface area contributed by atoms with Gasteiger partial charge in [-0.2, -0.15) is 0 Å². The molecule has 0 aliphatic rings. The Morgan fingerprint density at radius 2 is 2.35 bits per heavy atom. The van der Waals surface area contributed by atoms with E-state index < -0.39 is 0 Å². The highest BCUT2D eigenvalue weighted by Crippen LogP contribution is 2.20. The van der Waals surface area contributed by atoms with Crippen molar-refractivity contribution < 1.29 is 9.32 Å². The molecule has 0 saturated heterocycles. The van der Waals surface area contributed by atoms with Crippen molar-refractivity contribution in [1.82, 2.24) is 10.5 Å². The summed E-state index contributed by atoms with van der Waals surface area (Å²) in [6.07, 6.45) is 0. The van der Waals surface area contributed by atoms with Crippen LogP contribution in [0.4, 0.5) is 0 Å². The third-order valence-electron chi connectivity index (χ3n) is 2.34. The lowest BCUT2D eigenvalue weighted by molar-refractivity contribution is 0.0949. The molecule has 6 heteroatoms. The monoisotopic (exact) mass is 314 g/mol. The van der Waals surface area contributed by atoms with Crippen molar-refractivity contribution in [2.45, 2.75) is 20.4 Å². The van der Waals surface area contributed by atoms with Gasteiger partial charge in [-0.05, 0) is 46.8 Å². The molecule has 4 nitrogen and oxygen atoms in total. The number of carbonyl (C=O) groups excluding carboxylic acids is 1. The Morgan fingerprint density at radius 3 is 2.88 bits per heavy atom. The number of aromatic nitrogens is 1. The van der Waals surface area contributed by atoms with Crippen molar-refractivity contribution >= 4 is 33.2 Å². The Labute approximate surface area is 111 Å². The quantitative estimate of drug-likeness (QED) is 0.947. The van der Waals surface area contributed by atoms with Crippen molar-refractivity contribution in [3.63, 3.8) is 0 Å². The largest absolute Gasteiger partial charge is 0.361 e. The molecule has 17 heavy (non-hydrogen) atoms. The zero-order chi connectivity index (χ0) is 12.4. The molecule has 0 spiro atoms. The van der Waals surface area contributed by atoms with E-state index in [1.807, 2.05) is 11.4 Å². The summed E-state index contributed by atoms with van der Waals surface area (Å²) >= 11 is 4.98. The molecule has 90 valence electrons. The van der Waals surface area contributed by atoms with Gasteiger partial charge in [0.25, 0.3) is 5.91 Å². The van der Waals surface area contributed by atoms with E-state index in [9.17, 15) is 4.79 Å². The number of carbonyl (C=O) groups is 1. The third-order valence-corrected chi connectivity index (χ3v) is 3.89. The molecule has 0 aliphatic heterocycles. The van der Waals surface area contributed by atoms with Gasteiger partial charge in [0.2, 0.25) is 0 Å². The molecule has 0 atom stereocenters. The smallest absolute Gasteiger partial charge is 0.257 e. The Hall–Kier alpha value is -1.14. The van der Waals surface area contributed by atoms with Crippen molar-refractivity contribution in [3.8, 4) is 0 Å². The lowest BCUT2D eigenvalue weighted by Gasteiger charge is -2.02. The van der Waals surface area contributed by atoms with Crippen LogP contribution < -0.4 is 5.32 Å². The van der Waals surface area contributed by atoms with Crippen LogP contribution in [0.3, 0.4) is 0 Å². The normalized spacial score (nSPS) is 10.5. The van der Waals surface area contributed by atoms with Crippen molar-refractivity contribution in [2.24, 2.45) is 0 Å². The fraction of sp³-hybridized carbons (Fsp3) is 0.273. The van der Waals surface area contributed by atoms with Crippen LogP contribution in [0.15, 0.2) is 19.8 Å². The summed E-state index contributed by atoms with van der Waals surface area (Å²) in [6.45, 7) is 3.99. The number of nitrogens with one attached hydrogen (secondary N) is 1. The summed E-state index contributed by atoms with van der Waals surface area (Å²) in [5, 5.41) is 8.60. The molecule has 0 aromatic carbocycles. The molecule has 0 aliphatic carbocycles. The van der Waals surface area contributed by atoms with E-state index >= 15 is 0 Å². The average molecular weight is 315 g/mol. The van der Waals surface area contributed by atoms with Gasteiger partial charge in [-0.15, -0.1) is 11.3 Å². The molecule has 2 rings (SSSR count). The number of hydrogen-bond acceptors (Lipinski definition) is 4. The van der Waals surface area contributed by atoms with Crippen LogP contribution in [0.25, 0.3) is 0 Å². The maximum absolute atomic E-state index is 11.9. The molecule has 0 bridgehead atoms. The minimum atomic E-state index is -0.149. The number of nitrogens with zero attached hydrogens (tertiary/aromatic N) is 1. The highest BCUT2D eigenvalue weighted by Gasteiger charge is 2.16. The molecular weight excluding hydrogens is 304 g/mol. The van der Waals surface area contributed by atoms with Crippen LogP contribution in [0, 0.1) is 13.8 Å². The van der Waals surface area contributed by atoms with Gasteiger partial charge in [-0.25, -0.2) is 0 Å². The molecule has 2 aromatic heterocycles. The van der Waals surface area contributed by atoms with E-state index in [1.165, 1.54) is 0 Å². The number of rotatable bonds is 3. The van der Waals surface area contributed by atoms with E-state index in [4.69, 9.17) is 4.52 Å². The highest BCUT2D eigenvalue weighted by atomic mass is 79.9. The minimum absolute atomic E-state index is 0.149. The molecule has 0 saturated carbocycles. The molecule has 2 aromatic rings. The van der Waals surface area contributed by atoms with Crippen molar-refractivity contribution in [1.29, 1.82) is 0 Å². The maximum atomic E-state index is 11.9. The molecular formula is C11H11BrN2O2S. The third kappa shape index (κ3) is 2.76. The predicted molar refractivity (Wildman–Crippen MR) is 69.2 cm³/mol. The molecule has 1 amide bonds. The standard InChI is InChI=1S/C11H11BrN2O2S/c1-6-10(7(2)16-14-6)11(15)13-4-8-3-9(12)17-5-8/h3,5H,4H2,1-2H3,(H,13,15). The van der Waals surface area contributed by atoms with Gasteiger partial charge < -0.3 is 9.84 Å². The number of amides is 1. The molecule has 0 fully saturated rings. The number of aryl methyl sites for hydroxylation is 2. The van der Waals surface area contributed by atoms with Crippen molar-refractivity contribution in [3.05, 3.63) is 37.8 Å². The first kappa shape index (κ1) is 12.3. The van der Waals surface area contributed by atoms with Gasteiger partial charge in [0, 0.05) is 6.54 Å². The Morgan fingerprint density at radius 1 is 1.59 bits per heavy atom. The summed E-state index contributed by atoms with van der Waals surface area (Å²) in [6, 6.07) is 1.98. The summed E-state index contributed by atoms with van der Waals surface area (Å²) in [4.78, 5) is 11.9. The summed E-state index contributed by atoms with van der Waals surface area (Å²) in [5.41, 5.74) is 2.22. The van der Waals surface area contributed by atoms with Crippen LogP contribution in [0.2, 0.25) is 0 Å². The first-order valence-corrected chi connectivity index (χ1v) is 6.69. The van der Waals surface area contributed by atoms with Gasteiger partial charge in [-0.3, -0.25) is 4.79 Å². The van der Waals surface area contributed by atoms with E-state index in [-0.39, 0.29) is 5.91 Å². The zero-order valence-electron chi connectivity index (χ0n) is 9.41. The first-order valence-electron chi connectivity index (χ1n) is 5.02. The summed E-state index contributed by atoms with van der Waals surface area (Å²) in [7, 11) is 0. The highest BCUT2D eigenvalue weighted by molar-refractivity contribution is 9.11. The molecule has 2 heterocycles. The fourth-order valence-corrected chi connectivity index (χ4v) is 2.73. The number of halogens is 1. The van der Waals surface area contributed by atoms with Gasteiger partial charge in [0.1, 0.15) is 11.3 Å². The second kappa shape index (κ2) is 5.01. The maximum Gasteiger partial charge on any atom is 0.257 e. The Bertz CT molecular complexity index is 528. The zero-order valence-corrected chi connectivity index (χ0v) is 11.8. The SMILES string of the molecule is Cc1noc(C)c1C(=O)NCc1csc(Br)c1. The predicted octanol–water partition coefficient (Wildman–Crippen LogP) is 3.05. The van der Waals surface area contributed by atoms with Crippen LogP contribution in [-0.2, 0) is 6.54 Å². The Balaban J connectivity index is 2.03. The van der Waals surface area contributed by atoms with E-state index in [0.29, 0.717) is 23.6 Å². The minimum Gasteiger partial charge on any atom is -0.361 e.